The molecule has 2 heteroatoms. The Bertz CT molecular complexity index is 31.9. The molecule has 0 unspecified atom stereocenters. The van der Waals surface area contributed by atoms with Gasteiger partial charge in [0.15, 0.2) is 0 Å². The summed E-state index contributed by atoms with van der Waals surface area (Å²) in [5, 5.41) is 0. The third kappa shape index (κ3) is 4.32. The van der Waals surface area contributed by atoms with E-state index in [0.29, 0.717) is 5.88 Å². The highest BCUT2D eigenvalue weighted by Crippen LogP contribution is 1.77. The lowest BCUT2D eigenvalue weighted by Crippen LogP contribution is -1.51. The predicted molar refractivity (Wildman–Crippen MR) is 24.4 cm³/mol. The van der Waals surface area contributed by atoms with Gasteiger partial charge >= 0.3 is 0 Å². The van der Waals surface area contributed by atoms with Crippen LogP contribution in [0.25, 0.3) is 0 Å². The van der Waals surface area contributed by atoms with E-state index >= 15 is 0 Å². The lowest BCUT2D eigenvalue weighted by molar-refractivity contribution is 1.70. The summed E-state index contributed by atoms with van der Waals surface area (Å²) in [7, 11) is 0. The predicted octanol–water partition coefficient (Wildman–Crippen LogP) is 1.78. The van der Waals surface area contributed by atoms with E-state index in [4.69, 9.17) is 23.2 Å². The molecular weight excluding hydrogens is 107 g/mol. The third-order valence-corrected chi connectivity index (χ3v) is 0.463. The zero-order chi connectivity index (χ0) is 4.12. The van der Waals surface area contributed by atoms with Crippen molar-refractivity contribution in [2.24, 2.45) is 0 Å². The van der Waals surface area contributed by atoms with E-state index in [1.54, 1.807) is 0 Å². The van der Waals surface area contributed by atoms with E-state index in [9.17, 15) is 0 Å². The van der Waals surface area contributed by atoms with Gasteiger partial charge < -0.3 is 0 Å². The molecule has 0 rings (SSSR count). The highest BCUT2D eigenvalue weighted by Gasteiger charge is 1.57. The fraction of sp³-hybridized carbons (Fsp3) is 0.333. The van der Waals surface area contributed by atoms with Crippen LogP contribution in [0.2, 0.25) is 0 Å². The number of alkyl halides is 1. The molecule has 0 nitrogen and oxygen atoms in total. The summed E-state index contributed by atoms with van der Waals surface area (Å²) in [4.78, 5) is 0. The Labute approximate surface area is 41.4 Å². The van der Waals surface area contributed by atoms with Crippen LogP contribution in [0.1, 0.15) is 0 Å². The lowest BCUT2D eigenvalue weighted by atomic mass is 10.8. The quantitative estimate of drug-likeness (QED) is 0.451. The van der Waals surface area contributed by atoms with Crippen LogP contribution in [-0.4, -0.2) is 5.88 Å². The third-order valence-electron chi connectivity index (χ3n) is 0.154. The van der Waals surface area contributed by atoms with E-state index in [-0.39, 0.29) is 0 Å². The fourth-order valence-corrected chi connectivity index (χ4v) is 0.262. The summed E-state index contributed by atoms with van der Waals surface area (Å²) in [6, 6.07) is 0. The SMILES string of the molecule is ClC=[C]CCl. The Morgan fingerprint density at radius 3 is 2.40 bits per heavy atom. The molecule has 1 radical (unpaired) electrons. The molecule has 0 aliphatic heterocycles. The monoisotopic (exact) mass is 109 g/mol. The molecule has 0 heterocycles. The van der Waals surface area contributed by atoms with Crippen molar-refractivity contribution in [3.8, 4) is 0 Å². The minimum atomic E-state index is 0.378. The summed E-state index contributed by atoms with van der Waals surface area (Å²) in [6.45, 7) is 0. The van der Waals surface area contributed by atoms with Gasteiger partial charge in [-0.3, -0.25) is 0 Å². The molecule has 0 atom stereocenters. The first kappa shape index (κ1) is 5.32. The molecule has 0 saturated heterocycles. The Kier molecular flexibility index (Phi) is 4.60. The van der Waals surface area contributed by atoms with Crippen molar-refractivity contribution in [2.45, 2.75) is 0 Å². The number of rotatable bonds is 1. The summed E-state index contributed by atoms with van der Waals surface area (Å²) in [6.07, 6.45) is 2.52. The molecule has 0 aliphatic rings. The van der Waals surface area contributed by atoms with Crippen molar-refractivity contribution < 1.29 is 0 Å². The molecule has 0 bridgehead atoms. The number of hydrogen-bond donors (Lipinski definition) is 0. The minimum Gasteiger partial charge on any atom is -0.122 e. The maximum Gasteiger partial charge on any atom is 0.0486 e. The second-order valence-corrected chi connectivity index (χ2v) is 0.932. The molecule has 0 aliphatic carbocycles. The van der Waals surface area contributed by atoms with Gasteiger partial charge in [-0.1, -0.05) is 11.6 Å². The van der Waals surface area contributed by atoms with Gasteiger partial charge in [0, 0.05) is 11.4 Å². The van der Waals surface area contributed by atoms with Gasteiger partial charge in [0.25, 0.3) is 0 Å². The van der Waals surface area contributed by atoms with Crippen molar-refractivity contribution in [1.29, 1.82) is 0 Å². The zero-order valence-electron chi connectivity index (χ0n) is 2.54. The first-order chi connectivity index (χ1) is 2.41. The van der Waals surface area contributed by atoms with E-state index in [1.165, 1.54) is 5.54 Å². The zero-order valence-corrected chi connectivity index (χ0v) is 4.05. The Morgan fingerprint density at radius 2 is 2.40 bits per heavy atom. The van der Waals surface area contributed by atoms with Crippen molar-refractivity contribution in [3.05, 3.63) is 11.6 Å². The van der Waals surface area contributed by atoms with Gasteiger partial charge in [0.1, 0.15) is 0 Å². The van der Waals surface area contributed by atoms with Crippen LogP contribution < -0.4 is 0 Å². The average Bonchev–Trinajstić information content (AvgIpc) is 1.41. The Morgan fingerprint density at radius 1 is 1.80 bits per heavy atom. The van der Waals surface area contributed by atoms with Crippen LogP contribution in [0.3, 0.4) is 0 Å². The van der Waals surface area contributed by atoms with E-state index in [1.807, 2.05) is 0 Å². The topological polar surface area (TPSA) is 0 Å². The fourth-order valence-electron chi connectivity index (χ4n) is 0.0292. The molecule has 0 spiro atoms. The van der Waals surface area contributed by atoms with E-state index in [2.05, 4.69) is 6.08 Å². The number of allylic oxidation sites excluding steroid dienone is 1. The van der Waals surface area contributed by atoms with Gasteiger partial charge in [-0.05, 0) is 6.08 Å². The van der Waals surface area contributed by atoms with Crippen LogP contribution in [0, 0.1) is 6.08 Å². The van der Waals surface area contributed by atoms with E-state index in [0.717, 1.165) is 0 Å². The van der Waals surface area contributed by atoms with Crippen LogP contribution in [0.15, 0.2) is 5.54 Å². The van der Waals surface area contributed by atoms with E-state index < -0.39 is 0 Å². The summed E-state index contributed by atoms with van der Waals surface area (Å²) >= 11 is 10.1. The molecule has 5 heavy (non-hydrogen) atoms. The van der Waals surface area contributed by atoms with Gasteiger partial charge in [-0.15, -0.1) is 11.6 Å². The maximum atomic E-state index is 5.07. The minimum absolute atomic E-state index is 0.378. The average molecular weight is 110 g/mol. The van der Waals surface area contributed by atoms with Crippen LogP contribution >= 0.6 is 23.2 Å². The van der Waals surface area contributed by atoms with Gasteiger partial charge in [0.05, 0.1) is 0 Å². The molecule has 0 saturated carbocycles. The number of hydrogen-bond acceptors (Lipinski definition) is 0. The van der Waals surface area contributed by atoms with Gasteiger partial charge in [0.2, 0.25) is 0 Å². The van der Waals surface area contributed by atoms with Gasteiger partial charge in [-0.2, -0.15) is 0 Å². The Hall–Kier alpha value is 0.320. The largest absolute Gasteiger partial charge is 0.122 e. The second kappa shape index (κ2) is 4.32. The highest BCUT2D eigenvalue weighted by molar-refractivity contribution is 6.26. The molecular formula is C3H3Cl2. The van der Waals surface area contributed by atoms with Crippen molar-refractivity contribution in [1.82, 2.24) is 0 Å². The molecule has 0 aromatic heterocycles. The van der Waals surface area contributed by atoms with Crippen LogP contribution in [0.5, 0.6) is 0 Å². The molecule has 0 aromatic carbocycles. The number of halogens is 2. The molecule has 0 N–H and O–H groups in total. The molecule has 0 aromatic rings. The molecule has 29 valence electrons. The highest BCUT2D eigenvalue weighted by atomic mass is 35.5. The first-order valence-corrected chi connectivity index (χ1v) is 2.10. The summed E-state index contributed by atoms with van der Waals surface area (Å²) < 4.78 is 0. The smallest absolute Gasteiger partial charge is 0.0486 e. The Balaban J connectivity index is 2.62. The lowest BCUT2D eigenvalue weighted by Gasteiger charge is -1.59. The van der Waals surface area contributed by atoms with Crippen molar-refractivity contribution >= 4 is 23.2 Å². The summed E-state index contributed by atoms with van der Waals surface area (Å²) in [5.74, 6) is 0.378. The normalized spacial score (nSPS) is 10.0. The van der Waals surface area contributed by atoms with Crippen LogP contribution in [-0.2, 0) is 0 Å². The summed E-state index contributed by atoms with van der Waals surface area (Å²) in [5.41, 5.74) is 1.27. The molecule has 0 amide bonds. The first-order valence-electron chi connectivity index (χ1n) is 1.13. The van der Waals surface area contributed by atoms with Crippen molar-refractivity contribution in [2.75, 3.05) is 5.88 Å². The van der Waals surface area contributed by atoms with Gasteiger partial charge in [-0.25, -0.2) is 0 Å². The second-order valence-electron chi connectivity index (χ2n) is 0.447. The van der Waals surface area contributed by atoms with Crippen molar-refractivity contribution in [3.63, 3.8) is 0 Å². The maximum absolute atomic E-state index is 5.07. The standard InChI is InChI=1S/C3H3Cl2/c4-2-1-3-5/h2H,3H2. The molecule has 0 fully saturated rings. The van der Waals surface area contributed by atoms with Crippen LogP contribution in [0.4, 0.5) is 0 Å².